The minimum atomic E-state index is -0.375. The Labute approximate surface area is 122 Å². The quantitative estimate of drug-likeness (QED) is 0.617. The van der Waals surface area contributed by atoms with Crippen molar-refractivity contribution in [1.29, 1.82) is 0 Å². The Morgan fingerprint density at radius 3 is 2.45 bits per heavy atom. The smallest absolute Gasteiger partial charge is 0.272 e. The highest BCUT2D eigenvalue weighted by atomic mass is 35.5. The van der Waals surface area contributed by atoms with E-state index in [0.29, 0.717) is 23.4 Å². The van der Waals surface area contributed by atoms with Crippen molar-refractivity contribution in [2.75, 3.05) is 7.11 Å². The topological polar surface area (TPSA) is 52.4 Å². The normalized spacial score (nSPS) is 10.3. The molecule has 0 amide bonds. The molecule has 0 bridgehead atoms. The maximum absolute atomic E-state index is 11.0. The molecule has 2 aromatic rings. The van der Waals surface area contributed by atoms with Crippen molar-refractivity contribution < 1.29 is 9.66 Å². The van der Waals surface area contributed by atoms with Gasteiger partial charge in [0.1, 0.15) is 5.75 Å². The van der Waals surface area contributed by atoms with Crippen LogP contribution in [0.2, 0.25) is 5.02 Å². The summed E-state index contributed by atoms with van der Waals surface area (Å²) in [5.74, 6) is 0.794. The maximum Gasteiger partial charge on any atom is 0.272 e. The highest BCUT2D eigenvalue weighted by Crippen LogP contribution is 2.24. The highest BCUT2D eigenvalue weighted by Gasteiger charge is 2.13. The summed E-state index contributed by atoms with van der Waals surface area (Å²) in [5.41, 5.74) is 1.86. The number of methoxy groups -OCH3 is 1. The number of hydrogen-bond acceptors (Lipinski definition) is 3. The van der Waals surface area contributed by atoms with Crippen molar-refractivity contribution in [2.24, 2.45) is 0 Å². The molecule has 0 N–H and O–H groups in total. The summed E-state index contributed by atoms with van der Waals surface area (Å²) >= 11 is 5.90. The number of aryl methyl sites for hydroxylation is 2. The lowest BCUT2D eigenvalue weighted by molar-refractivity contribution is -0.385. The molecule has 0 spiro atoms. The fraction of sp³-hybridized carbons (Fsp3) is 0.200. The molecule has 20 heavy (non-hydrogen) atoms. The van der Waals surface area contributed by atoms with Crippen LogP contribution in [0.4, 0.5) is 5.69 Å². The predicted octanol–water partition coefficient (Wildman–Crippen LogP) is 4.04. The zero-order valence-corrected chi connectivity index (χ0v) is 11.8. The summed E-state index contributed by atoms with van der Waals surface area (Å²) < 4.78 is 5.09. The fourth-order valence-electron chi connectivity index (χ4n) is 2.00. The molecule has 0 fully saturated rings. The molecule has 4 nitrogen and oxygen atoms in total. The van der Waals surface area contributed by atoms with E-state index in [2.05, 4.69) is 0 Å². The van der Waals surface area contributed by atoms with Gasteiger partial charge in [-0.2, -0.15) is 0 Å². The molecule has 0 saturated heterocycles. The van der Waals surface area contributed by atoms with E-state index in [9.17, 15) is 10.1 Å². The van der Waals surface area contributed by atoms with Gasteiger partial charge >= 0.3 is 0 Å². The average molecular weight is 292 g/mol. The molecular weight excluding hydrogens is 278 g/mol. The summed E-state index contributed by atoms with van der Waals surface area (Å²) in [6.45, 7) is 0. The first kappa shape index (κ1) is 14.3. The summed E-state index contributed by atoms with van der Waals surface area (Å²) in [6.07, 6.45) is 1.29. The lowest BCUT2D eigenvalue weighted by Crippen LogP contribution is -1.98. The molecule has 0 heterocycles. The van der Waals surface area contributed by atoms with Crippen LogP contribution < -0.4 is 4.74 Å². The van der Waals surface area contributed by atoms with E-state index in [1.807, 2.05) is 24.3 Å². The van der Waals surface area contributed by atoms with E-state index in [0.717, 1.165) is 11.3 Å². The van der Waals surface area contributed by atoms with Gasteiger partial charge in [0, 0.05) is 16.7 Å². The van der Waals surface area contributed by atoms with Crippen LogP contribution in [0.15, 0.2) is 42.5 Å². The third kappa shape index (κ3) is 3.48. The van der Waals surface area contributed by atoms with Gasteiger partial charge in [-0.3, -0.25) is 10.1 Å². The minimum absolute atomic E-state index is 0.114. The Hall–Kier alpha value is -2.07. The van der Waals surface area contributed by atoms with Crippen LogP contribution in [0.1, 0.15) is 11.1 Å². The number of nitrogens with zero attached hydrogens (tertiary/aromatic N) is 1. The largest absolute Gasteiger partial charge is 0.497 e. The number of hydrogen-bond donors (Lipinski definition) is 0. The predicted molar refractivity (Wildman–Crippen MR) is 78.5 cm³/mol. The van der Waals surface area contributed by atoms with Gasteiger partial charge < -0.3 is 4.74 Å². The molecule has 0 atom stereocenters. The first-order valence-electron chi connectivity index (χ1n) is 6.16. The number of halogens is 1. The molecule has 5 heteroatoms. The van der Waals surface area contributed by atoms with Crippen LogP contribution >= 0.6 is 11.6 Å². The fourth-order valence-corrected chi connectivity index (χ4v) is 2.20. The van der Waals surface area contributed by atoms with Gasteiger partial charge in [-0.1, -0.05) is 23.7 Å². The zero-order valence-electron chi connectivity index (χ0n) is 11.0. The molecule has 0 unspecified atom stereocenters. The van der Waals surface area contributed by atoms with E-state index in [-0.39, 0.29) is 10.6 Å². The molecular formula is C15H14ClNO3. The Balaban J connectivity index is 2.13. The second-order valence-electron chi connectivity index (χ2n) is 4.38. The Kier molecular flexibility index (Phi) is 4.58. The van der Waals surface area contributed by atoms with Crippen LogP contribution in [0.3, 0.4) is 0 Å². The summed E-state index contributed by atoms with van der Waals surface area (Å²) in [7, 11) is 1.62. The van der Waals surface area contributed by atoms with Gasteiger partial charge in [0.05, 0.1) is 12.0 Å². The second kappa shape index (κ2) is 6.39. The van der Waals surface area contributed by atoms with Gasteiger partial charge in [-0.25, -0.2) is 0 Å². The van der Waals surface area contributed by atoms with Crippen LogP contribution in [0, 0.1) is 10.1 Å². The standard InChI is InChI=1S/C15H14ClNO3/c1-20-14-7-3-11(4-8-14)2-5-12-10-13(16)6-9-15(12)17(18)19/h3-4,6-10H,2,5H2,1H3. The van der Waals surface area contributed by atoms with Crippen molar-refractivity contribution in [3.05, 3.63) is 68.7 Å². The van der Waals surface area contributed by atoms with Gasteiger partial charge in [0.2, 0.25) is 0 Å². The maximum atomic E-state index is 11.0. The van der Waals surface area contributed by atoms with Crippen LogP contribution in [-0.4, -0.2) is 12.0 Å². The van der Waals surface area contributed by atoms with E-state index in [4.69, 9.17) is 16.3 Å². The number of ether oxygens (including phenoxy) is 1. The molecule has 0 radical (unpaired) electrons. The van der Waals surface area contributed by atoms with Crippen molar-refractivity contribution >= 4 is 17.3 Å². The minimum Gasteiger partial charge on any atom is -0.497 e. The van der Waals surface area contributed by atoms with E-state index in [1.54, 1.807) is 13.2 Å². The van der Waals surface area contributed by atoms with Crippen molar-refractivity contribution in [3.63, 3.8) is 0 Å². The van der Waals surface area contributed by atoms with Gasteiger partial charge in [0.25, 0.3) is 5.69 Å². The van der Waals surface area contributed by atoms with Crippen molar-refractivity contribution in [2.45, 2.75) is 12.8 Å². The van der Waals surface area contributed by atoms with Crippen LogP contribution in [0.5, 0.6) is 5.75 Å². The number of benzene rings is 2. The molecule has 0 aliphatic rings. The van der Waals surface area contributed by atoms with Crippen LogP contribution in [0.25, 0.3) is 0 Å². The average Bonchev–Trinajstić information content (AvgIpc) is 2.45. The van der Waals surface area contributed by atoms with E-state index in [1.165, 1.54) is 12.1 Å². The molecule has 0 aliphatic heterocycles. The third-order valence-corrected chi connectivity index (χ3v) is 3.32. The molecule has 2 aromatic carbocycles. The lowest BCUT2D eigenvalue weighted by atomic mass is 10.0. The van der Waals surface area contributed by atoms with E-state index >= 15 is 0 Å². The Morgan fingerprint density at radius 2 is 1.85 bits per heavy atom. The molecule has 104 valence electrons. The van der Waals surface area contributed by atoms with Crippen molar-refractivity contribution in [1.82, 2.24) is 0 Å². The van der Waals surface area contributed by atoms with Gasteiger partial charge in [-0.05, 0) is 42.7 Å². The van der Waals surface area contributed by atoms with Gasteiger partial charge in [0.15, 0.2) is 0 Å². The molecule has 0 saturated carbocycles. The summed E-state index contributed by atoms with van der Waals surface area (Å²) in [4.78, 5) is 10.6. The first-order valence-corrected chi connectivity index (χ1v) is 6.53. The van der Waals surface area contributed by atoms with Gasteiger partial charge in [-0.15, -0.1) is 0 Å². The summed E-state index contributed by atoms with van der Waals surface area (Å²) in [6, 6.07) is 12.3. The monoisotopic (exact) mass is 291 g/mol. The molecule has 0 aromatic heterocycles. The Morgan fingerprint density at radius 1 is 1.15 bits per heavy atom. The first-order chi connectivity index (χ1) is 9.60. The molecule has 2 rings (SSSR count). The molecule has 0 aliphatic carbocycles. The van der Waals surface area contributed by atoms with Crippen LogP contribution in [-0.2, 0) is 12.8 Å². The highest BCUT2D eigenvalue weighted by molar-refractivity contribution is 6.30. The Bertz CT molecular complexity index is 611. The number of nitro benzene ring substituents is 1. The second-order valence-corrected chi connectivity index (χ2v) is 4.81. The summed E-state index contributed by atoms with van der Waals surface area (Å²) in [5, 5.41) is 11.5. The SMILES string of the molecule is COc1ccc(CCc2cc(Cl)ccc2[N+](=O)[O-])cc1. The number of nitro groups is 1. The lowest BCUT2D eigenvalue weighted by Gasteiger charge is -2.05. The number of rotatable bonds is 5. The third-order valence-electron chi connectivity index (χ3n) is 3.08. The zero-order chi connectivity index (χ0) is 14.5. The van der Waals surface area contributed by atoms with E-state index < -0.39 is 0 Å². The van der Waals surface area contributed by atoms with Crippen molar-refractivity contribution in [3.8, 4) is 5.75 Å².